The Bertz CT molecular complexity index is 1370. The number of hydrogen-bond donors (Lipinski definition) is 2. The van der Waals surface area contributed by atoms with E-state index in [1.54, 1.807) is 18.9 Å². The molecule has 0 saturated heterocycles. The second-order valence-corrected chi connectivity index (χ2v) is 7.78. The summed E-state index contributed by atoms with van der Waals surface area (Å²) < 4.78 is 16.7. The Morgan fingerprint density at radius 2 is 1.84 bits per heavy atom. The maximum atomic E-state index is 14.7. The average molecular weight is 426 g/mol. The number of hydrogen-bond acceptors (Lipinski definition) is 4. The quantitative estimate of drug-likeness (QED) is 0.384. The molecule has 7 heteroatoms. The molecule has 6 nitrogen and oxygen atoms in total. The monoisotopic (exact) mass is 426 g/mol. The molecule has 0 bridgehead atoms. The van der Waals surface area contributed by atoms with Gasteiger partial charge in [0.05, 0.1) is 35.1 Å². The predicted molar refractivity (Wildman–Crippen MR) is 125 cm³/mol. The summed E-state index contributed by atoms with van der Waals surface area (Å²) in [4.78, 5) is 15.9. The second-order valence-electron chi connectivity index (χ2n) is 7.78. The molecule has 0 aliphatic rings. The first-order valence-corrected chi connectivity index (χ1v) is 10.5. The lowest BCUT2D eigenvalue weighted by atomic mass is 10.1. The van der Waals surface area contributed by atoms with Crippen LogP contribution in [0.5, 0.6) is 0 Å². The zero-order valence-electron chi connectivity index (χ0n) is 17.9. The number of aromatic nitrogens is 5. The minimum atomic E-state index is -0.138. The molecule has 0 radical (unpaired) electrons. The number of aromatic amines is 1. The number of nitrogens with one attached hydrogen (secondary N) is 2. The lowest BCUT2D eigenvalue weighted by Crippen LogP contribution is -2.12. The number of H-pyrrole nitrogens is 1. The van der Waals surface area contributed by atoms with Gasteiger partial charge < -0.3 is 14.9 Å². The Labute approximate surface area is 185 Å². The topological polar surface area (TPSA) is 71.4 Å². The molecule has 3 aromatic heterocycles. The number of fused-ring (bicyclic) bond motifs is 1. The predicted octanol–water partition coefficient (Wildman–Crippen LogP) is 5.36. The van der Waals surface area contributed by atoms with E-state index in [1.165, 1.54) is 0 Å². The Kier molecular flexibility index (Phi) is 5.15. The second kappa shape index (κ2) is 8.26. The molecule has 0 amide bonds. The van der Waals surface area contributed by atoms with Crippen molar-refractivity contribution in [2.24, 2.45) is 0 Å². The summed E-state index contributed by atoms with van der Waals surface area (Å²) in [5, 5.41) is 4.05. The van der Waals surface area contributed by atoms with Gasteiger partial charge >= 0.3 is 0 Å². The van der Waals surface area contributed by atoms with Crippen LogP contribution in [0, 0.1) is 19.7 Å². The minimum Gasteiger partial charge on any atom is -0.368 e. The maximum Gasteiger partial charge on any atom is 0.151 e. The third kappa shape index (κ3) is 3.62. The van der Waals surface area contributed by atoms with Gasteiger partial charge in [-0.15, -0.1) is 0 Å². The lowest BCUT2D eigenvalue weighted by molar-refractivity contribution is 0.607. The van der Waals surface area contributed by atoms with Crippen LogP contribution in [-0.4, -0.2) is 31.0 Å². The van der Waals surface area contributed by atoms with E-state index in [0.29, 0.717) is 24.2 Å². The molecule has 0 unspecified atom stereocenters. The van der Waals surface area contributed by atoms with Crippen LogP contribution < -0.4 is 5.32 Å². The molecule has 2 N–H and O–H groups in total. The van der Waals surface area contributed by atoms with E-state index in [9.17, 15) is 4.39 Å². The first-order chi connectivity index (χ1) is 15.6. The minimum absolute atomic E-state index is 0.138. The maximum absolute atomic E-state index is 14.7. The number of imidazole rings is 1. The average Bonchev–Trinajstić information content (AvgIpc) is 3.44. The van der Waals surface area contributed by atoms with Gasteiger partial charge in [0.15, 0.2) is 5.82 Å². The van der Waals surface area contributed by atoms with Crippen molar-refractivity contribution < 1.29 is 4.39 Å². The standard InChI is InChI=1S/C25H23FN6/c1-16-4-3-5-22-24(16)25(26)17(2)32(22)11-10-28-23-12-20(30-15-31-23)18-6-8-19(9-7-18)21-13-27-14-29-21/h3-9,12-15H,10-11H2,1-2H3,(H,27,29)(H,28,30,31). The number of benzene rings is 2. The summed E-state index contributed by atoms with van der Waals surface area (Å²) in [6.45, 7) is 5.02. The zero-order valence-corrected chi connectivity index (χ0v) is 17.9. The van der Waals surface area contributed by atoms with Gasteiger partial charge in [-0.2, -0.15) is 0 Å². The van der Waals surface area contributed by atoms with Crippen molar-refractivity contribution in [2.75, 3.05) is 11.9 Å². The molecule has 160 valence electrons. The van der Waals surface area contributed by atoms with Crippen molar-refractivity contribution in [1.29, 1.82) is 0 Å². The molecule has 3 heterocycles. The zero-order chi connectivity index (χ0) is 22.1. The van der Waals surface area contributed by atoms with Gasteiger partial charge in [0.2, 0.25) is 0 Å². The van der Waals surface area contributed by atoms with E-state index in [-0.39, 0.29) is 5.82 Å². The number of aryl methyl sites for hydroxylation is 1. The Morgan fingerprint density at radius 3 is 2.62 bits per heavy atom. The fourth-order valence-electron chi connectivity index (χ4n) is 4.07. The van der Waals surface area contributed by atoms with Crippen LogP contribution >= 0.6 is 0 Å². The Morgan fingerprint density at radius 1 is 1.03 bits per heavy atom. The molecule has 0 aliphatic heterocycles. The summed E-state index contributed by atoms with van der Waals surface area (Å²) >= 11 is 0. The van der Waals surface area contributed by atoms with Gasteiger partial charge in [-0.3, -0.25) is 0 Å². The van der Waals surface area contributed by atoms with Crippen molar-refractivity contribution in [3.8, 4) is 22.5 Å². The first-order valence-electron chi connectivity index (χ1n) is 10.5. The van der Waals surface area contributed by atoms with Crippen molar-refractivity contribution in [3.63, 3.8) is 0 Å². The molecule has 0 spiro atoms. The molecule has 0 fully saturated rings. The Hall–Kier alpha value is -4.00. The van der Waals surface area contributed by atoms with Crippen LogP contribution in [0.15, 0.2) is 67.4 Å². The number of nitrogens with zero attached hydrogens (tertiary/aromatic N) is 4. The van der Waals surface area contributed by atoms with Crippen LogP contribution in [0.1, 0.15) is 11.3 Å². The fraction of sp³-hybridized carbons (Fsp3) is 0.160. The van der Waals surface area contributed by atoms with Gasteiger partial charge in [-0.1, -0.05) is 36.4 Å². The molecule has 0 aliphatic carbocycles. The van der Waals surface area contributed by atoms with Crippen LogP contribution in [0.4, 0.5) is 10.2 Å². The largest absolute Gasteiger partial charge is 0.368 e. The first kappa shape index (κ1) is 19.9. The van der Waals surface area contributed by atoms with E-state index >= 15 is 0 Å². The molecule has 2 aromatic carbocycles. The van der Waals surface area contributed by atoms with Crippen LogP contribution in [0.25, 0.3) is 33.4 Å². The molecule has 5 aromatic rings. The van der Waals surface area contributed by atoms with Crippen LogP contribution in [0.2, 0.25) is 0 Å². The number of rotatable bonds is 6. The third-order valence-corrected chi connectivity index (χ3v) is 5.78. The van der Waals surface area contributed by atoms with Crippen LogP contribution in [-0.2, 0) is 6.54 Å². The summed E-state index contributed by atoms with van der Waals surface area (Å²) in [5.74, 6) is 0.597. The smallest absolute Gasteiger partial charge is 0.151 e. The van der Waals surface area contributed by atoms with E-state index in [0.717, 1.165) is 39.4 Å². The highest BCUT2D eigenvalue weighted by Crippen LogP contribution is 2.27. The van der Waals surface area contributed by atoms with Gasteiger partial charge in [-0.05, 0) is 31.0 Å². The summed E-state index contributed by atoms with van der Waals surface area (Å²) in [6.07, 6.45) is 5.02. The third-order valence-electron chi connectivity index (χ3n) is 5.78. The summed E-state index contributed by atoms with van der Waals surface area (Å²) in [6, 6.07) is 15.9. The van der Waals surface area contributed by atoms with Crippen molar-refractivity contribution >= 4 is 16.7 Å². The van der Waals surface area contributed by atoms with E-state index in [2.05, 4.69) is 25.3 Å². The summed E-state index contributed by atoms with van der Waals surface area (Å²) in [7, 11) is 0. The van der Waals surface area contributed by atoms with Crippen molar-refractivity contribution in [2.45, 2.75) is 20.4 Å². The van der Waals surface area contributed by atoms with E-state index < -0.39 is 0 Å². The number of halogens is 1. The van der Waals surface area contributed by atoms with Gasteiger partial charge in [0.25, 0.3) is 0 Å². The fourth-order valence-corrected chi connectivity index (χ4v) is 4.07. The van der Waals surface area contributed by atoms with Crippen molar-refractivity contribution in [3.05, 3.63) is 84.5 Å². The highest BCUT2D eigenvalue weighted by molar-refractivity contribution is 5.85. The molecule has 0 saturated carbocycles. The molecule has 32 heavy (non-hydrogen) atoms. The van der Waals surface area contributed by atoms with Gasteiger partial charge in [0, 0.05) is 30.1 Å². The molecular weight excluding hydrogens is 403 g/mol. The summed E-state index contributed by atoms with van der Waals surface area (Å²) in [5.41, 5.74) is 6.40. The SMILES string of the molecule is Cc1cccc2c1c(F)c(C)n2CCNc1cc(-c2ccc(-c3cnc[nH]3)cc2)ncn1. The Balaban J connectivity index is 1.31. The van der Waals surface area contributed by atoms with E-state index in [1.807, 2.05) is 66.9 Å². The van der Waals surface area contributed by atoms with Crippen molar-refractivity contribution in [1.82, 2.24) is 24.5 Å². The molecule has 0 atom stereocenters. The highest BCUT2D eigenvalue weighted by Gasteiger charge is 2.15. The highest BCUT2D eigenvalue weighted by atomic mass is 19.1. The van der Waals surface area contributed by atoms with E-state index in [4.69, 9.17) is 0 Å². The van der Waals surface area contributed by atoms with Crippen LogP contribution in [0.3, 0.4) is 0 Å². The van der Waals surface area contributed by atoms with Gasteiger partial charge in [-0.25, -0.2) is 19.3 Å². The van der Waals surface area contributed by atoms with Gasteiger partial charge in [0.1, 0.15) is 12.1 Å². The molecular formula is C25H23FN6. The lowest BCUT2D eigenvalue weighted by Gasteiger charge is -2.11. The number of anilines is 1. The normalized spacial score (nSPS) is 11.2. The molecule has 5 rings (SSSR count).